The minimum absolute atomic E-state index is 0.117. The molecule has 0 saturated heterocycles. The van der Waals surface area contributed by atoms with Gasteiger partial charge in [-0.2, -0.15) is 0 Å². The molecule has 0 saturated carbocycles. The van der Waals surface area contributed by atoms with E-state index < -0.39 is 0 Å². The number of aromatic nitrogens is 2. The standard InChI is InChI=1S/C17H17N5O2S2/c1-18-14(23)7-12-9-26-17(21-12)22-15(24)8-13-10-25-16(20-13)19-11-5-3-2-4-6-11/h2-6,9-10H,7-8H2,1H3,(H,18,23)(H,19,20)(H,21,22,24). The maximum atomic E-state index is 12.2. The maximum absolute atomic E-state index is 12.2. The van der Waals surface area contributed by atoms with Gasteiger partial charge in [0.25, 0.3) is 0 Å². The molecule has 3 aromatic rings. The summed E-state index contributed by atoms with van der Waals surface area (Å²) in [7, 11) is 1.58. The number of nitrogens with one attached hydrogen (secondary N) is 3. The first-order valence-electron chi connectivity index (χ1n) is 7.83. The van der Waals surface area contributed by atoms with Crippen LogP contribution in [0.1, 0.15) is 11.4 Å². The fraction of sp³-hybridized carbons (Fsp3) is 0.176. The zero-order chi connectivity index (χ0) is 18.4. The number of carbonyl (C=O) groups excluding carboxylic acids is 2. The van der Waals surface area contributed by atoms with E-state index in [0.717, 1.165) is 10.8 Å². The lowest BCUT2D eigenvalue weighted by molar-refractivity contribution is -0.120. The number of anilines is 3. The molecule has 0 aliphatic rings. The second kappa shape index (κ2) is 8.54. The van der Waals surface area contributed by atoms with E-state index >= 15 is 0 Å². The Balaban J connectivity index is 1.53. The molecule has 1 aromatic carbocycles. The van der Waals surface area contributed by atoms with E-state index in [1.807, 2.05) is 35.7 Å². The van der Waals surface area contributed by atoms with Gasteiger partial charge in [-0.25, -0.2) is 9.97 Å². The molecule has 3 rings (SSSR count). The van der Waals surface area contributed by atoms with Crippen LogP contribution in [-0.4, -0.2) is 28.8 Å². The van der Waals surface area contributed by atoms with Gasteiger partial charge >= 0.3 is 0 Å². The Morgan fingerprint density at radius 1 is 0.923 bits per heavy atom. The number of nitrogens with zero attached hydrogens (tertiary/aromatic N) is 2. The number of thiazole rings is 2. The van der Waals surface area contributed by atoms with E-state index in [-0.39, 0.29) is 24.7 Å². The summed E-state index contributed by atoms with van der Waals surface area (Å²) in [5, 5.41) is 13.3. The molecule has 0 fully saturated rings. The lowest BCUT2D eigenvalue weighted by atomic mass is 10.3. The average molecular weight is 387 g/mol. The van der Waals surface area contributed by atoms with E-state index in [4.69, 9.17) is 0 Å². The molecule has 2 aromatic heterocycles. The van der Waals surface area contributed by atoms with Crippen molar-refractivity contribution in [1.29, 1.82) is 0 Å². The van der Waals surface area contributed by atoms with Crippen LogP contribution >= 0.6 is 22.7 Å². The highest BCUT2D eigenvalue weighted by molar-refractivity contribution is 7.14. The molecule has 2 amide bonds. The highest BCUT2D eigenvalue weighted by atomic mass is 32.1. The molecule has 0 spiro atoms. The first kappa shape index (κ1) is 18.0. The van der Waals surface area contributed by atoms with Crippen molar-refractivity contribution in [2.45, 2.75) is 12.8 Å². The Bertz CT molecular complexity index is 891. The van der Waals surface area contributed by atoms with Crippen LogP contribution in [0.4, 0.5) is 16.0 Å². The number of rotatable bonds is 7. The molecule has 0 bridgehead atoms. The Labute approximate surface area is 158 Å². The molecule has 0 atom stereocenters. The summed E-state index contributed by atoms with van der Waals surface area (Å²) in [6.07, 6.45) is 0.362. The molecule has 3 N–H and O–H groups in total. The van der Waals surface area contributed by atoms with Crippen LogP contribution in [0.2, 0.25) is 0 Å². The molecule has 134 valence electrons. The number of benzene rings is 1. The quantitative estimate of drug-likeness (QED) is 0.579. The molecule has 0 radical (unpaired) electrons. The van der Waals surface area contributed by atoms with Crippen molar-refractivity contribution in [2.75, 3.05) is 17.7 Å². The minimum Gasteiger partial charge on any atom is -0.359 e. The van der Waals surface area contributed by atoms with Crippen molar-refractivity contribution in [3.63, 3.8) is 0 Å². The third kappa shape index (κ3) is 5.11. The summed E-state index contributed by atoms with van der Waals surface area (Å²) in [6.45, 7) is 0. The summed E-state index contributed by atoms with van der Waals surface area (Å²) in [5.41, 5.74) is 2.27. The van der Waals surface area contributed by atoms with Gasteiger partial charge < -0.3 is 16.0 Å². The smallest absolute Gasteiger partial charge is 0.232 e. The molecular formula is C17H17N5O2S2. The van der Waals surface area contributed by atoms with Gasteiger partial charge in [-0.05, 0) is 12.1 Å². The van der Waals surface area contributed by atoms with E-state index in [0.29, 0.717) is 16.5 Å². The highest BCUT2D eigenvalue weighted by Crippen LogP contribution is 2.21. The SMILES string of the molecule is CNC(=O)Cc1csc(NC(=O)Cc2csc(Nc3ccccc3)n2)n1. The van der Waals surface area contributed by atoms with Crippen LogP contribution < -0.4 is 16.0 Å². The predicted octanol–water partition coefficient (Wildman–Crippen LogP) is 2.81. The second-order valence-electron chi connectivity index (χ2n) is 5.35. The predicted molar refractivity (Wildman–Crippen MR) is 104 cm³/mol. The van der Waals surface area contributed by atoms with Crippen molar-refractivity contribution >= 4 is 50.4 Å². The number of carbonyl (C=O) groups is 2. The fourth-order valence-corrected chi connectivity index (χ4v) is 3.57. The number of amides is 2. The van der Waals surface area contributed by atoms with Crippen LogP contribution in [0.5, 0.6) is 0 Å². The van der Waals surface area contributed by atoms with Crippen molar-refractivity contribution < 1.29 is 9.59 Å². The van der Waals surface area contributed by atoms with Crippen molar-refractivity contribution in [3.8, 4) is 0 Å². The maximum Gasteiger partial charge on any atom is 0.232 e. The van der Waals surface area contributed by atoms with Crippen LogP contribution in [0.25, 0.3) is 0 Å². The largest absolute Gasteiger partial charge is 0.359 e. The van der Waals surface area contributed by atoms with E-state index in [2.05, 4.69) is 25.9 Å². The van der Waals surface area contributed by atoms with Gasteiger partial charge in [-0.3, -0.25) is 9.59 Å². The van der Waals surface area contributed by atoms with Crippen molar-refractivity contribution in [3.05, 3.63) is 52.5 Å². The molecule has 0 unspecified atom stereocenters. The van der Waals surface area contributed by atoms with Gasteiger partial charge in [0.05, 0.1) is 24.2 Å². The van der Waals surface area contributed by atoms with Gasteiger partial charge in [0.2, 0.25) is 11.8 Å². The topological polar surface area (TPSA) is 96.0 Å². The summed E-state index contributed by atoms with van der Waals surface area (Å²) in [4.78, 5) is 32.2. The number of hydrogen-bond donors (Lipinski definition) is 3. The van der Waals surface area contributed by atoms with Gasteiger partial charge in [0, 0.05) is 23.5 Å². The van der Waals surface area contributed by atoms with E-state index in [1.54, 1.807) is 12.4 Å². The van der Waals surface area contributed by atoms with Crippen LogP contribution in [0.3, 0.4) is 0 Å². The van der Waals surface area contributed by atoms with Gasteiger partial charge in [0.1, 0.15) is 0 Å². The Morgan fingerprint density at radius 3 is 2.23 bits per heavy atom. The molecule has 2 heterocycles. The lowest BCUT2D eigenvalue weighted by Gasteiger charge is -2.01. The summed E-state index contributed by atoms with van der Waals surface area (Å²) in [6, 6.07) is 9.73. The summed E-state index contributed by atoms with van der Waals surface area (Å²) >= 11 is 2.74. The average Bonchev–Trinajstić information content (AvgIpc) is 3.25. The molecule has 0 aliphatic carbocycles. The zero-order valence-electron chi connectivity index (χ0n) is 14.0. The summed E-state index contributed by atoms with van der Waals surface area (Å²) in [5.74, 6) is -0.309. The molecule has 7 nitrogen and oxygen atoms in total. The van der Waals surface area contributed by atoms with Gasteiger partial charge in [-0.15, -0.1) is 22.7 Å². The third-order valence-electron chi connectivity index (χ3n) is 3.34. The van der Waals surface area contributed by atoms with Crippen LogP contribution in [-0.2, 0) is 22.4 Å². The fourth-order valence-electron chi connectivity index (χ4n) is 2.12. The Kier molecular flexibility index (Phi) is 5.92. The zero-order valence-corrected chi connectivity index (χ0v) is 15.6. The van der Waals surface area contributed by atoms with Crippen molar-refractivity contribution in [2.24, 2.45) is 0 Å². The number of hydrogen-bond acceptors (Lipinski definition) is 7. The van der Waals surface area contributed by atoms with E-state index in [1.165, 1.54) is 22.7 Å². The number of likely N-dealkylation sites (N-methyl/N-ethyl adjacent to an activating group) is 1. The Morgan fingerprint density at radius 2 is 1.54 bits per heavy atom. The highest BCUT2D eigenvalue weighted by Gasteiger charge is 2.11. The van der Waals surface area contributed by atoms with Crippen LogP contribution in [0, 0.1) is 0 Å². The first-order chi connectivity index (χ1) is 12.6. The first-order valence-corrected chi connectivity index (χ1v) is 9.59. The van der Waals surface area contributed by atoms with Crippen LogP contribution in [0.15, 0.2) is 41.1 Å². The molecule has 26 heavy (non-hydrogen) atoms. The van der Waals surface area contributed by atoms with E-state index in [9.17, 15) is 9.59 Å². The monoisotopic (exact) mass is 387 g/mol. The molecule has 9 heteroatoms. The van der Waals surface area contributed by atoms with Gasteiger partial charge in [0.15, 0.2) is 10.3 Å². The summed E-state index contributed by atoms with van der Waals surface area (Å²) < 4.78 is 0. The normalized spacial score (nSPS) is 10.3. The molecular weight excluding hydrogens is 370 g/mol. The van der Waals surface area contributed by atoms with Crippen molar-refractivity contribution in [1.82, 2.24) is 15.3 Å². The Hall–Kier alpha value is -2.78. The molecule has 0 aliphatic heterocycles. The number of para-hydroxylation sites is 1. The lowest BCUT2D eigenvalue weighted by Crippen LogP contribution is -2.20. The second-order valence-corrected chi connectivity index (χ2v) is 7.07. The third-order valence-corrected chi connectivity index (χ3v) is 4.95. The minimum atomic E-state index is -0.192. The van der Waals surface area contributed by atoms with Gasteiger partial charge in [-0.1, -0.05) is 18.2 Å².